The Morgan fingerprint density at radius 2 is 2.00 bits per heavy atom. The normalized spacial score (nSPS) is 33.3. The molecular weight excluding hydrogens is 290 g/mol. The van der Waals surface area contributed by atoms with Crippen molar-refractivity contribution >= 4 is 5.97 Å². The van der Waals surface area contributed by atoms with E-state index in [-0.39, 0.29) is 23.7 Å². The van der Waals surface area contributed by atoms with E-state index in [2.05, 4.69) is 39.5 Å². The molecule has 2 heterocycles. The minimum atomic E-state index is -0.0924. The van der Waals surface area contributed by atoms with E-state index in [0.29, 0.717) is 24.3 Å². The number of nitrogens with zero attached hydrogens (tertiary/aromatic N) is 1. The average molecular weight is 325 g/mol. The third-order valence-corrected chi connectivity index (χ3v) is 6.36. The fourth-order valence-electron chi connectivity index (χ4n) is 4.94. The van der Waals surface area contributed by atoms with Crippen LogP contribution in [0.15, 0.2) is 0 Å². The maximum Gasteiger partial charge on any atom is 0.307 e. The van der Waals surface area contributed by atoms with Crippen molar-refractivity contribution in [3.8, 4) is 0 Å². The molecular formula is C19H35NO3. The van der Waals surface area contributed by atoms with Crippen molar-refractivity contribution in [2.75, 3.05) is 13.7 Å². The summed E-state index contributed by atoms with van der Waals surface area (Å²) in [6.07, 6.45) is 4.94. The van der Waals surface area contributed by atoms with Gasteiger partial charge in [-0.2, -0.15) is 0 Å². The van der Waals surface area contributed by atoms with E-state index in [1.165, 1.54) is 12.8 Å². The molecule has 4 nitrogen and oxygen atoms in total. The van der Waals surface area contributed by atoms with Crippen molar-refractivity contribution in [2.45, 2.75) is 90.5 Å². The molecule has 0 unspecified atom stereocenters. The SMILES string of the molecule is CCC(CC)(OC)[C@@H]1CCCN1[C@@H]1CC(=O)O[C@H](C(C)C)[C@@H]1C. The summed E-state index contributed by atoms with van der Waals surface area (Å²) in [7, 11) is 1.85. The summed E-state index contributed by atoms with van der Waals surface area (Å²) in [5.74, 6) is 0.701. The summed E-state index contributed by atoms with van der Waals surface area (Å²) >= 11 is 0. The van der Waals surface area contributed by atoms with Crippen LogP contribution in [0.4, 0.5) is 0 Å². The fourth-order valence-corrected chi connectivity index (χ4v) is 4.94. The zero-order valence-electron chi connectivity index (χ0n) is 15.8. The lowest BCUT2D eigenvalue weighted by molar-refractivity contribution is -0.171. The summed E-state index contributed by atoms with van der Waals surface area (Å²) in [6, 6.07) is 0.692. The van der Waals surface area contributed by atoms with E-state index in [9.17, 15) is 4.79 Å². The quantitative estimate of drug-likeness (QED) is 0.699. The van der Waals surface area contributed by atoms with Gasteiger partial charge < -0.3 is 9.47 Å². The summed E-state index contributed by atoms with van der Waals surface area (Å²) < 4.78 is 11.7. The van der Waals surface area contributed by atoms with Crippen LogP contribution in [0.25, 0.3) is 0 Å². The molecule has 23 heavy (non-hydrogen) atoms. The predicted molar refractivity (Wildman–Crippen MR) is 92.3 cm³/mol. The number of cyclic esters (lactones) is 1. The summed E-state index contributed by atoms with van der Waals surface area (Å²) in [4.78, 5) is 14.8. The van der Waals surface area contributed by atoms with Gasteiger partial charge in [0.1, 0.15) is 6.10 Å². The Balaban J connectivity index is 2.26. The zero-order chi connectivity index (χ0) is 17.2. The Morgan fingerprint density at radius 1 is 1.35 bits per heavy atom. The van der Waals surface area contributed by atoms with Gasteiger partial charge in [-0.3, -0.25) is 9.69 Å². The first kappa shape index (κ1) is 18.7. The van der Waals surface area contributed by atoms with Gasteiger partial charge in [-0.25, -0.2) is 0 Å². The van der Waals surface area contributed by atoms with Gasteiger partial charge in [0.2, 0.25) is 0 Å². The average Bonchev–Trinajstić information content (AvgIpc) is 3.01. The third-order valence-electron chi connectivity index (χ3n) is 6.36. The first-order chi connectivity index (χ1) is 10.9. The number of carbonyl (C=O) groups excluding carboxylic acids is 1. The molecule has 0 amide bonds. The highest BCUT2D eigenvalue weighted by atomic mass is 16.5. The van der Waals surface area contributed by atoms with Gasteiger partial charge in [-0.1, -0.05) is 34.6 Å². The highest BCUT2D eigenvalue weighted by Gasteiger charge is 2.48. The van der Waals surface area contributed by atoms with Gasteiger partial charge in [0.05, 0.1) is 12.0 Å². The molecule has 134 valence electrons. The molecule has 2 rings (SSSR count). The third kappa shape index (κ3) is 3.43. The molecule has 2 saturated heterocycles. The maximum atomic E-state index is 12.2. The van der Waals surface area contributed by atoms with Crippen LogP contribution in [0.2, 0.25) is 0 Å². The standard InChI is InChI=1S/C19H35NO3/c1-7-19(8-2,22-6)16-10-9-11-20(16)15-12-17(21)23-18(13(3)4)14(15)5/h13-16,18H,7-12H2,1-6H3/t14-,15-,16+,18-/m1/s1. The molecule has 0 aliphatic carbocycles. The van der Waals surface area contributed by atoms with Crippen LogP contribution in [0.3, 0.4) is 0 Å². The van der Waals surface area contributed by atoms with Crippen LogP contribution < -0.4 is 0 Å². The number of ether oxygens (including phenoxy) is 2. The minimum absolute atomic E-state index is 0.0303. The first-order valence-corrected chi connectivity index (χ1v) is 9.40. The molecule has 0 aromatic carbocycles. The molecule has 0 radical (unpaired) electrons. The van der Waals surface area contributed by atoms with Gasteiger partial charge in [0.25, 0.3) is 0 Å². The molecule has 0 saturated carbocycles. The second-order valence-electron chi connectivity index (χ2n) is 7.70. The van der Waals surface area contributed by atoms with E-state index in [1.54, 1.807) is 0 Å². The van der Waals surface area contributed by atoms with Crippen molar-refractivity contribution in [3.05, 3.63) is 0 Å². The lowest BCUT2D eigenvalue weighted by Crippen LogP contribution is -2.58. The molecule has 2 fully saturated rings. The number of likely N-dealkylation sites (tertiary alicyclic amines) is 1. The summed E-state index contributed by atoms with van der Waals surface area (Å²) in [5, 5.41) is 0. The Bertz CT molecular complexity index is 397. The van der Waals surface area contributed by atoms with E-state index >= 15 is 0 Å². The van der Waals surface area contributed by atoms with E-state index in [0.717, 1.165) is 19.4 Å². The predicted octanol–water partition coefficient (Wildman–Crippen LogP) is 3.63. The Labute approximate surface area is 141 Å². The van der Waals surface area contributed by atoms with Crippen LogP contribution in [-0.2, 0) is 14.3 Å². The van der Waals surface area contributed by atoms with Gasteiger partial charge >= 0.3 is 5.97 Å². The van der Waals surface area contributed by atoms with Gasteiger partial charge in [0.15, 0.2) is 0 Å². The molecule has 2 aliphatic rings. The van der Waals surface area contributed by atoms with Gasteiger partial charge in [-0.15, -0.1) is 0 Å². The van der Waals surface area contributed by atoms with E-state index < -0.39 is 0 Å². The monoisotopic (exact) mass is 325 g/mol. The van der Waals surface area contributed by atoms with Crippen molar-refractivity contribution in [2.24, 2.45) is 11.8 Å². The molecule has 0 spiro atoms. The lowest BCUT2D eigenvalue weighted by atomic mass is 9.81. The minimum Gasteiger partial charge on any atom is -0.462 e. The molecule has 0 N–H and O–H groups in total. The van der Waals surface area contributed by atoms with Crippen LogP contribution in [0.1, 0.15) is 66.7 Å². The van der Waals surface area contributed by atoms with Gasteiger partial charge in [-0.05, 0) is 38.1 Å². The van der Waals surface area contributed by atoms with Crippen molar-refractivity contribution in [1.82, 2.24) is 4.90 Å². The number of hydrogen-bond acceptors (Lipinski definition) is 4. The van der Waals surface area contributed by atoms with Crippen molar-refractivity contribution < 1.29 is 14.3 Å². The molecule has 4 atom stereocenters. The zero-order valence-corrected chi connectivity index (χ0v) is 15.8. The lowest BCUT2D eigenvalue weighted by Gasteiger charge is -2.48. The van der Waals surface area contributed by atoms with E-state index in [1.807, 2.05) is 7.11 Å². The Kier molecular flexibility index (Phi) is 6.12. The topological polar surface area (TPSA) is 38.8 Å². The Morgan fingerprint density at radius 3 is 2.52 bits per heavy atom. The number of rotatable bonds is 6. The number of hydrogen-bond donors (Lipinski definition) is 0. The number of carbonyl (C=O) groups is 1. The maximum absolute atomic E-state index is 12.2. The second-order valence-corrected chi connectivity index (χ2v) is 7.70. The highest BCUT2D eigenvalue weighted by molar-refractivity contribution is 5.71. The van der Waals surface area contributed by atoms with Crippen LogP contribution in [0.5, 0.6) is 0 Å². The fraction of sp³-hybridized carbons (Fsp3) is 0.947. The molecule has 0 bridgehead atoms. The summed E-state index contributed by atoms with van der Waals surface area (Å²) in [5.41, 5.74) is -0.0924. The van der Waals surface area contributed by atoms with E-state index in [4.69, 9.17) is 9.47 Å². The Hall–Kier alpha value is -0.610. The molecule has 0 aromatic heterocycles. The largest absolute Gasteiger partial charge is 0.462 e. The number of methoxy groups -OCH3 is 1. The molecule has 2 aliphatic heterocycles. The molecule has 4 heteroatoms. The van der Waals surface area contributed by atoms with Gasteiger partial charge in [0, 0.05) is 25.1 Å². The number of esters is 1. The van der Waals surface area contributed by atoms with Crippen LogP contribution in [0, 0.1) is 11.8 Å². The molecule has 0 aromatic rings. The first-order valence-electron chi connectivity index (χ1n) is 9.40. The van der Waals surface area contributed by atoms with Crippen LogP contribution >= 0.6 is 0 Å². The summed E-state index contributed by atoms with van der Waals surface area (Å²) in [6.45, 7) is 12.1. The van der Waals surface area contributed by atoms with Crippen molar-refractivity contribution in [3.63, 3.8) is 0 Å². The van der Waals surface area contributed by atoms with Crippen LogP contribution in [-0.4, -0.2) is 48.3 Å². The smallest absolute Gasteiger partial charge is 0.307 e. The van der Waals surface area contributed by atoms with Crippen molar-refractivity contribution in [1.29, 1.82) is 0 Å². The highest BCUT2D eigenvalue weighted by Crippen LogP contribution is 2.40. The second kappa shape index (κ2) is 7.52.